The van der Waals surface area contributed by atoms with Crippen LogP contribution in [0.15, 0.2) is 60.7 Å². The summed E-state index contributed by atoms with van der Waals surface area (Å²) in [5.41, 5.74) is 6.68. The van der Waals surface area contributed by atoms with Gasteiger partial charge >= 0.3 is 18.0 Å². The first-order chi connectivity index (χ1) is 15.8. The second kappa shape index (κ2) is 13.1. The van der Waals surface area contributed by atoms with Crippen molar-refractivity contribution in [1.82, 2.24) is 10.6 Å². The fourth-order valence-corrected chi connectivity index (χ4v) is 3.66. The number of benzene rings is 2. The predicted octanol–water partition coefficient (Wildman–Crippen LogP) is 1.37. The van der Waals surface area contributed by atoms with Gasteiger partial charge in [-0.25, -0.2) is 9.59 Å². The number of carbonyl (C=O) groups excluding carboxylic acids is 2. The summed E-state index contributed by atoms with van der Waals surface area (Å²) in [6.45, 7) is -0.589. The van der Waals surface area contributed by atoms with Gasteiger partial charge in [-0.15, -0.1) is 0 Å². The van der Waals surface area contributed by atoms with Gasteiger partial charge in [-0.3, -0.25) is 9.59 Å². The molecule has 0 aliphatic carbocycles. The third kappa shape index (κ3) is 8.83. The molecule has 2 aromatic carbocycles. The van der Waals surface area contributed by atoms with E-state index in [1.165, 1.54) is 11.8 Å². The molecule has 176 valence electrons. The summed E-state index contributed by atoms with van der Waals surface area (Å²) in [6, 6.07) is 13.7. The normalized spacial score (nSPS) is 13.2. The number of ether oxygens (including phenoxy) is 1. The van der Waals surface area contributed by atoms with Crippen LogP contribution in [0.3, 0.4) is 0 Å². The number of alkyl carbamates (subject to hydrolysis) is 1. The Morgan fingerprint density at radius 2 is 1.52 bits per heavy atom. The van der Waals surface area contributed by atoms with Gasteiger partial charge in [-0.05, 0) is 11.1 Å². The van der Waals surface area contributed by atoms with Crippen molar-refractivity contribution in [2.45, 2.75) is 23.9 Å². The number of hydrogen-bond acceptors (Lipinski definition) is 7. The van der Waals surface area contributed by atoms with E-state index in [2.05, 4.69) is 10.6 Å². The van der Waals surface area contributed by atoms with E-state index in [0.29, 0.717) is 11.3 Å². The Morgan fingerprint density at radius 3 is 2.09 bits per heavy atom. The Balaban J connectivity index is 2.06. The van der Waals surface area contributed by atoms with Crippen LogP contribution < -0.4 is 16.4 Å². The molecular weight excluding hydrogens is 450 g/mol. The van der Waals surface area contributed by atoms with Crippen LogP contribution in [0.2, 0.25) is 0 Å². The van der Waals surface area contributed by atoms with Gasteiger partial charge in [0.15, 0.2) is 6.04 Å². The van der Waals surface area contributed by atoms with Gasteiger partial charge in [-0.2, -0.15) is 11.8 Å². The number of aliphatic carboxylic acids is 2. The van der Waals surface area contributed by atoms with Crippen molar-refractivity contribution in [3.05, 3.63) is 71.8 Å². The van der Waals surface area contributed by atoms with Gasteiger partial charge < -0.3 is 31.3 Å². The Morgan fingerprint density at radius 1 is 0.909 bits per heavy atom. The predicted molar refractivity (Wildman–Crippen MR) is 121 cm³/mol. The average molecular weight is 476 g/mol. The highest BCUT2D eigenvalue weighted by atomic mass is 32.2. The lowest BCUT2D eigenvalue weighted by atomic mass is 10.1. The maximum absolute atomic E-state index is 12.9. The van der Waals surface area contributed by atoms with Crippen LogP contribution in [0.25, 0.3) is 0 Å². The first-order valence-corrected chi connectivity index (χ1v) is 11.0. The molecule has 0 heterocycles. The fraction of sp³-hybridized carbons (Fsp3) is 0.273. The smallest absolute Gasteiger partial charge is 0.407 e. The number of carboxylic acid groups (broad SMARTS) is 2. The van der Waals surface area contributed by atoms with E-state index in [1.807, 2.05) is 30.3 Å². The molecule has 1 unspecified atom stereocenters. The largest absolute Gasteiger partial charge is 0.480 e. The van der Waals surface area contributed by atoms with Crippen LogP contribution >= 0.6 is 11.8 Å². The molecule has 0 bridgehead atoms. The Kier molecular flexibility index (Phi) is 10.2. The van der Waals surface area contributed by atoms with Crippen molar-refractivity contribution < 1.29 is 34.1 Å². The van der Waals surface area contributed by atoms with Crippen molar-refractivity contribution >= 4 is 35.7 Å². The number of nitrogens with two attached hydrogens (primary N) is 1. The van der Waals surface area contributed by atoms with Crippen LogP contribution in [-0.4, -0.2) is 58.6 Å². The van der Waals surface area contributed by atoms with E-state index < -0.39 is 48.7 Å². The number of rotatable bonds is 12. The molecule has 3 atom stereocenters. The molecule has 0 radical (unpaired) electrons. The van der Waals surface area contributed by atoms with Crippen molar-refractivity contribution in [3.63, 3.8) is 0 Å². The number of carboxylic acids is 2. The van der Waals surface area contributed by atoms with E-state index in [9.17, 15) is 24.3 Å². The third-order valence-corrected chi connectivity index (χ3v) is 5.49. The van der Waals surface area contributed by atoms with E-state index in [4.69, 9.17) is 15.6 Å². The highest BCUT2D eigenvalue weighted by Gasteiger charge is 2.28. The standard InChI is InChI=1S/C22H25N3O7S/c23-16(20(27)28)11-32-22(31)24-17(13-33-12-14-7-3-1-4-8-14)19(26)25-18(21(29)30)15-9-5-2-6-10-15/h1-10,16-18H,11-13,23H2,(H,24,31)(H,25,26)(H,27,28)(H,29,30)/t16-,17-,18?/m0/s1. The molecule has 2 amide bonds. The minimum Gasteiger partial charge on any atom is -0.480 e. The zero-order chi connectivity index (χ0) is 24.2. The molecule has 11 heteroatoms. The van der Waals surface area contributed by atoms with Crippen LogP contribution in [0.4, 0.5) is 4.79 Å². The first kappa shape index (κ1) is 25.7. The number of carbonyl (C=O) groups is 4. The average Bonchev–Trinajstić information content (AvgIpc) is 2.81. The molecule has 0 saturated carbocycles. The number of amides is 2. The molecule has 10 nitrogen and oxygen atoms in total. The maximum atomic E-state index is 12.9. The van der Waals surface area contributed by atoms with Crippen LogP contribution in [-0.2, 0) is 24.9 Å². The lowest BCUT2D eigenvalue weighted by Crippen LogP contribution is -2.51. The van der Waals surface area contributed by atoms with Gasteiger partial charge in [0, 0.05) is 11.5 Å². The van der Waals surface area contributed by atoms with Crippen molar-refractivity contribution in [2.24, 2.45) is 5.73 Å². The van der Waals surface area contributed by atoms with Gasteiger partial charge in [0.1, 0.15) is 18.7 Å². The fourth-order valence-electron chi connectivity index (χ4n) is 2.65. The molecule has 0 spiro atoms. The van der Waals surface area contributed by atoms with Crippen molar-refractivity contribution in [3.8, 4) is 0 Å². The molecule has 0 fully saturated rings. The van der Waals surface area contributed by atoms with E-state index in [1.54, 1.807) is 30.3 Å². The Bertz CT molecular complexity index is 944. The van der Waals surface area contributed by atoms with Crippen LogP contribution in [0, 0.1) is 0 Å². The molecule has 0 aliphatic heterocycles. The summed E-state index contributed by atoms with van der Waals surface area (Å²) in [7, 11) is 0. The molecular formula is C22H25N3O7S. The maximum Gasteiger partial charge on any atom is 0.407 e. The van der Waals surface area contributed by atoms with Crippen LogP contribution in [0.5, 0.6) is 0 Å². The molecule has 0 aromatic heterocycles. The zero-order valence-electron chi connectivity index (χ0n) is 17.5. The summed E-state index contributed by atoms with van der Waals surface area (Å²) < 4.78 is 4.79. The molecule has 0 saturated heterocycles. The topological polar surface area (TPSA) is 168 Å². The SMILES string of the molecule is N[C@@H](COC(=O)N[C@@H](CSCc1ccccc1)C(=O)NC(C(=O)O)c1ccccc1)C(=O)O. The van der Waals surface area contributed by atoms with Gasteiger partial charge in [0.25, 0.3) is 0 Å². The van der Waals surface area contributed by atoms with Gasteiger partial charge in [-0.1, -0.05) is 60.7 Å². The second-order valence-corrected chi connectivity index (χ2v) is 7.96. The highest BCUT2D eigenvalue weighted by molar-refractivity contribution is 7.98. The molecule has 2 rings (SSSR count). The molecule has 2 aromatic rings. The summed E-state index contributed by atoms with van der Waals surface area (Å²) in [6.07, 6.45) is -1.04. The summed E-state index contributed by atoms with van der Waals surface area (Å²) >= 11 is 1.35. The van der Waals surface area contributed by atoms with Crippen molar-refractivity contribution in [2.75, 3.05) is 12.4 Å². The lowest BCUT2D eigenvalue weighted by Gasteiger charge is -2.21. The van der Waals surface area contributed by atoms with E-state index in [-0.39, 0.29) is 5.75 Å². The number of thioether (sulfide) groups is 1. The molecule has 33 heavy (non-hydrogen) atoms. The lowest BCUT2D eigenvalue weighted by molar-refractivity contribution is -0.142. The van der Waals surface area contributed by atoms with Gasteiger partial charge in [0.05, 0.1) is 0 Å². The van der Waals surface area contributed by atoms with Gasteiger partial charge in [0.2, 0.25) is 5.91 Å². The number of hydrogen-bond donors (Lipinski definition) is 5. The molecule has 6 N–H and O–H groups in total. The monoisotopic (exact) mass is 475 g/mol. The minimum absolute atomic E-state index is 0.113. The number of nitrogens with one attached hydrogen (secondary N) is 2. The summed E-state index contributed by atoms with van der Waals surface area (Å²) in [4.78, 5) is 47.5. The van der Waals surface area contributed by atoms with E-state index in [0.717, 1.165) is 5.56 Å². The summed E-state index contributed by atoms with van der Waals surface area (Å²) in [5.74, 6) is -2.68. The highest BCUT2D eigenvalue weighted by Crippen LogP contribution is 2.16. The Labute approximate surface area is 194 Å². The van der Waals surface area contributed by atoms with Crippen LogP contribution in [0.1, 0.15) is 17.2 Å². The van der Waals surface area contributed by atoms with E-state index >= 15 is 0 Å². The zero-order valence-corrected chi connectivity index (χ0v) is 18.4. The summed E-state index contributed by atoms with van der Waals surface area (Å²) in [5, 5.41) is 23.1. The third-order valence-electron chi connectivity index (χ3n) is 4.38. The first-order valence-electron chi connectivity index (χ1n) is 9.89. The minimum atomic E-state index is -1.41. The Hall–Kier alpha value is -3.57. The second-order valence-electron chi connectivity index (χ2n) is 6.93. The molecule has 0 aliphatic rings. The van der Waals surface area contributed by atoms with Crippen molar-refractivity contribution in [1.29, 1.82) is 0 Å². The quantitative estimate of drug-likeness (QED) is 0.304.